The Labute approximate surface area is 143 Å². The molecular formula is C17H16ClN3OS. The Bertz CT molecular complexity index is 843. The molecule has 1 aromatic heterocycles. The third-order valence-electron chi connectivity index (χ3n) is 3.19. The number of nitrogens with two attached hydrogens (primary N) is 1. The molecule has 3 aromatic rings. The summed E-state index contributed by atoms with van der Waals surface area (Å²) >= 11 is 7.28. The van der Waals surface area contributed by atoms with Gasteiger partial charge in [-0.1, -0.05) is 0 Å². The zero-order chi connectivity index (χ0) is 16.2. The van der Waals surface area contributed by atoms with Crippen LogP contribution in [-0.2, 0) is 0 Å². The lowest BCUT2D eigenvalue weighted by Crippen LogP contribution is -2.12. The molecule has 0 spiro atoms. The number of alkyl halides is 1. The van der Waals surface area contributed by atoms with E-state index in [9.17, 15) is 0 Å². The fourth-order valence-corrected chi connectivity index (χ4v) is 3.22. The van der Waals surface area contributed by atoms with Crippen molar-refractivity contribution >= 4 is 44.7 Å². The van der Waals surface area contributed by atoms with Gasteiger partial charge in [-0.2, -0.15) is 0 Å². The highest BCUT2D eigenvalue weighted by molar-refractivity contribution is 7.21. The maximum absolute atomic E-state index is 5.64. The summed E-state index contributed by atoms with van der Waals surface area (Å²) in [7, 11) is 0. The Morgan fingerprint density at radius 2 is 2.04 bits per heavy atom. The molecule has 0 aliphatic carbocycles. The summed E-state index contributed by atoms with van der Waals surface area (Å²) in [5, 5.41) is 0.967. The van der Waals surface area contributed by atoms with Crippen molar-refractivity contribution < 1.29 is 4.74 Å². The minimum absolute atomic E-state index is 0.224. The number of amidine groups is 1. The third-order valence-corrected chi connectivity index (χ3v) is 4.54. The van der Waals surface area contributed by atoms with E-state index in [1.807, 2.05) is 49.4 Å². The second-order valence-corrected chi connectivity index (χ2v) is 6.16. The van der Waals surface area contributed by atoms with Gasteiger partial charge < -0.3 is 10.5 Å². The number of thiazole rings is 1. The third kappa shape index (κ3) is 3.63. The van der Waals surface area contributed by atoms with E-state index in [1.165, 1.54) is 0 Å². The number of hydrogen-bond donors (Lipinski definition) is 1. The van der Waals surface area contributed by atoms with Gasteiger partial charge in [0.25, 0.3) is 0 Å². The molecule has 0 amide bonds. The van der Waals surface area contributed by atoms with Crippen molar-refractivity contribution in [2.75, 3.05) is 12.5 Å². The highest BCUT2D eigenvalue weighted by Gasteiger charge is 2.07. The number of fused-ring (bicyclic) bond motifs is 1. The highest BCUT2D eigenvalue weighted by Crippen LogP contribution is 2.33. The SMILES string of the molecule is CCOc1ccc2nc(-c3ccc(N=C(N)CCl)cc3)sc2c1. The van der Waals surface area contributed by atoms with Crippen LogP contribution in [0.5, 0.6) is 5.75 Å². The summed E-state index contributed by atoms with van der Waals surface area (Å²) in [5.74, 6) is 1.50. The molecule has 0 saturated heterocycles. The van der Waals surface area contributed by atoms with E-state index in [2.05, 4.69) is 9.98 Å². The topological polar surface area (TPSA) is 60.5 Å². The van der Waals surface area contributed by atoms with Crippen LogP contribution in [0.15, 0.2) is 47.5 Å². The van der Waals surface area contributed by atoms with Crippen molar-refractivity contribution in [3.8, 4) is 16.3 Å². The molecule has 0 saturated carbocycles. The van der Waals surface area contributed by atoms with Gasteiger partial charge in [0, 0.05) is 5.56 Å². The van der Waals surface area contributed by atoms with Crippen LogP contribution in [0.4, 0.5) is 5.69 Å². The molecule has 1 heterocycles. The summed E-state index contributed by atoms with van der Waals surface area (Å²) in [6.45, 7) is 2.63. The Morgan fingerprint density at radius 3 is 2.74 bits per heavy atom. The van der Waals surface area contributed by atoms with Gasteiger partial charge in [-0.25, -0.2) is 9.98 Å². The van der Waals surface area contributed by atoms with Crippen molar-refractivity contribution in [1.82, 2.24) is 4.98 Å². The minimum Gasteiger partial charge on any atom is -0.494 e. The first-order chi connectivity index (χ1) is 11.2. The summed E-state index contributed by atoms with van der Waals surface area (Å²) in [5.41, 5.74) is 8.45. The second-order valence-electron chi connectivity index (χ2n) is 4.87. The van der Waals surface area contributed by atoms with Crippen molar-refractivity contribution in [3.05, 3.63) is 42.5 Å². The van der Waals surface area contributed by atoms with Gasteiger partial charge in [0.2, 0.25) is 0 Å². The zero-order valence-corrected chi connectivity index (χ0v) is 14.2. The van der Waals surface area contributed by atoms with Crippen molar-refractivity contribution in [2.45, 2.75) is 6.92 Å². The monoisotopic (exact) mass is 345 g/mol. The maximum Gasteiger partial charge on any atom is 0.124 e. The van der Waals surface area contributed by atoms with Gasteiger partial charge in [-0.05, 0) is 49.4 Å². The predicted octanol–water partition coefficient (Wildman–Crippen LogP) is 4.59. The quantitative estimate of drug-likeness (QED) is 0.418. The summed E-state index contributed by atoms with van der Waals surface area (Å²) in [4.78, 5) is 8.89. The van der Waals surface area contributed by atoms with Crippen LogP contribution in [0.1, 0.15) is 6.92 Å². The number of hydrogen-bond acceptors (Lipinski definition) is 4. The second kappa shape index (κ2) is 6.98. The molecule has 0 atom stereocenters. The lowest BCUT2D eigenvalue weighted by atomic mass is 10.2. The molecule has 0 aliphatic rings. The van der Waals surface area contributed by atoms with Crippen LogP contribution in [0, 0.1) is 0 Å². The number of ether oxygens (including phenoxy) is 1. The molecule has 3 rings (SSSR count). The van der Waals surface area contributed by atoms with Crippen molar-refractivity contribution in [2.24, 2.45) is 10.7 Å². The first kappa shape index (κ1) is 15.8. The average molecular weight is 346 g/mol. The summed E-state index contributed by atoms with van der Waals surface area (Å²) in [6, 6.07) is 13.8. The number of benzene rings is 2. The van der Waals surface area contributed by atoms with Gasteiger partial charge in [0.1, 0.15) is 16.6 Å². The number of rotatable bonds is 5. The average Bonchev–Trinajstić information content (AvgIpc) is 2.99. The molecule has 2 N–H and O–H groups in total. The maximum atomic E-state index is 5.64. The Balaban J connectivity index is 1.90. The van der Waals surface area contributed by atoms with E-state index < -0.39 is 0 Å². The molecule has 6 heteroatoms. The number of halogens is 1. The minimum atomic E-state index is 0.224. The number of nitrogens with zero attached hydrogens (tertiary/aromatic N) is 2. The first-order valence-corrected chi connectivity index (χ1v) is 8.57. The van der Waals surface area contributed by atoms with Gasteiger partial charge in [-0.15, -0.1) is 22.9 Å². The fourth-order valence-electron chi connectivity index (χ4n) is 2.16. The number of aromatic nitrogens is 1. The van der Waals surface area contributed by atoms with Crippen molar-refractivity contribution in [3.63, 3.8) is 0 Å². The predicted molar refractivity (Wildman–Crippen MR) is 98.2 cm³/mol. The van der Waals surface area contributed by atoms with E-state index in [0.29, 0.717) is 12.4 Å². The molecule has 23 heavy (non-hydrogen) atoms. The Hall–Kier alpha value is -2.11. The smallest absolute Gasteiger partial charge is 0.124 e. The molecule has 0 radical (unpaired) electrons. The van der Waals surface area contributed by atoms with Crippen LogP contribution >= 0.6 is 22.9 Å². The summed E-state index contributed by atoms with van der Waals surface area (Å²) in [6.07, 6.45) is 0. The van der Waals surface area contributed by atoms with Crippen LogP contribution < -0.4 is 10.5 Å². The van der Waals surface area contributed by atoms with E-state index in [-0.39, 0.29) is 5.88 Å². The Kier molecular flexibility index (Phi) is 4.79. The van der Waals surface area contributed by atoms with Crippen LogP contribution in [0.2, 0.25) is 0 Å². The molecule has 0 aliphatic heterocycles. The van der Waals surface area contributed by atoms with Gasteiger partial charge in [-0.3, -0.25) is 0 Å². The van der Waals surface area contributed by atoms with Crippen LogP contribution in [-0.4, -0.2) is 23.3 Å². The number of aliphatic imine (C=N–C) groups is 1. The highest BCUT2D eigenvalue weighted by atomic mass is 35.5. The van der Waals surface area contributed by atoms with E-state index in [4.69, 9.17) is 22.1 Å². The van der Waals surface area contributed by atoms with Crippen LogP contribution in [0.25, 0.3) is 20.8 Å². The fraction of sp³-hybridized carbons (Fsp3) is 0.176. The van der Waals surface area contributed by atoms with E-state index >= 15 is 0 Å². The van der Waals surface area contributed by atoms with Crippen LogP contribution in [0.3, 0.4) is 0 Å². The van der Waals surface area contributed by atoms with Gasteiger partial charge in [0.05, 0.1) is 28.4 Å². The lowest BCUT2D eigenvalue weighted by Gasteiger charge is -2.00. The molecule has 118 valence electrons. The largest absolute Gasteiger partial charge is 0.494 e. The molecule has 0 fully saturated rings. The van der Waals surface area contributed by atoms with E-state index in [1.54, 1.807) is 11.3 Å². The van der Waals surface area contributed by atoms with Crippen molar-refractivity contribution in [1.29, 1.82) is 0 Å². The lowest BCUT2D eigenvalue weighted by molar-refractivity contribution is 0.341. The molecule has 2 aromatic carbocycles. The molecule has 0 unspecified atom stereocenters. The van der Waals surface area contributed by atoms with E-state index in [0.717, 1.165) is 32.2 Å². The zero-order valence-electron chi connectivity index (χ0n) is 12.6. The normalized spacial score (nSPS) is 11.8. The summed E-state index contributed by atoms with van der Waals surface area (Å²) < 4.78 is 6.64. The molecule has 4 nitrogen and oxygen atoms in total. The Morgan fingerprint density at radius 1 is 1.26 bits per heavy atom. The first-order valence-electron chi connectivity index (χ1n) is 7.22. The molecular weight excluding hydrogens is 330 g/mol. The standard InChI is InChI=1S/C17H16ClN3OS/c1-2-22-13-7-8-14-15(9-13)23-17(21-14)11-3-5-12(6-4-11)20-16(19)10-18/h3-9H,2,10H2,1H3,(H2,19,20). The molecule has 0 bridgehead atoms. The van der Waals surface area contributed by atoms with Gasteiger partial charge in [0.15, 0.2) is 0 Å². The van der Waals surface area contributed by atoms with Gasteiger partial charge >= 0.3 is 0 Å².